The van der Waals surface area contributed by atoms with Crippen molar-refractivity contribution in [2.24, 2.45) is 0 Å². The van der Waals surface area contributed by atoms with E-state index in [-0.39, 0.29) is 11.9 Å². The van der Waals surface area contributed by atoms with Gasteiger partial charge in [0.1, 0.15) is 0 Å². The summed E-state index contributed by atoms with van der Waals surface area (Å²) in [6, 6.07) is 7.53. The largest absolute Gasteiger partial charge is 0.390 e. The Balaban J connectivity index is 2.19. The Morgan fingerprint density at radius 3 is 3.00 bits per heavy atom. The Hall–Kier alpha value is -1.61. The third-order valence-electron chi connectivity index (χ3n) is 2.82. The highest BCUT2D eigenvalue weighted by Crippen LogP contribution is 2.30. The third kappa shape index (κ3) is 1.99. The molecule has 0 heterocycles. The summed E-state index contributed by atoms with van der Waals surface area (Å²) < 4.78 is 0. The first-order valence-electron chi connectivity index (χ1n) is 5.41. The van der Waals surface area contributed by atoms with E-state index in [0.29, 0.717) is 6.42 Å². The van der Waals surface area contributed by atoms with Gasteiger partial charge < -0.3 is 10.4 Å². The van der Waals surface area contributed by atoms with Crippen molar-refractivity contribution in [1.82, 2.24) is 5.32 Å². The molecule has 1 amide bonds. The molecule has 0 fully saturated rings. The van der Waals surface area contributed by atoms with Crippen LogP contribution >= 0.6 is 0 Å². The molecule has 2 N–H and O–H groups in total. The lowest BCUT2D eigenvalue weighted by molar-refractivity contribution is -0.118. The number of aliphatic hydroxyl groups excluding tert-OH is 1. The fourth-order valence-corrected chi connectivity index (χ4v) is 2.10. The molecule has 0 bridgehead atoms. The highest BCUT2D eigenvalue weighted by atomic mass is 16.3. The van der Waals surface area contributed by atoms with Gasteiger partial charge >= 0.3 is 0 Å². The van der Waals surface area contributed by atoms with Gasteiger partial charge in [-0.2, -0.15) is 0 Å². The second kappa shape index (κ2) is 4.49. The molecule has 0 spiro atoms. The van der Waals surface area contributed by atoms with Crippen LogP contribution in [0.3, 0.4) is 0 Å². The molecule has 2 atom stereocenters. The SMILES string of the molecule is C/C=C/C(=O)N[C@@H]1c2ccccc2C[C@@H]1O. The highest BCUT2D eigenvalue weighted by Gasteiger charge is 2.31. The van der Waals surface area contributed by atoms with Gasteiger partial charge in [0.2, 0.25) is 5.91 Å². The van der Waals surface area contributed by atoms with Crippen LogP contribution < -0.4 is 5.32 Å². The number of amides is 1. The first-order chi connectivity index (χ1) is 7.72. The second-order valence-electron chi connectivity index (χ2n) is 3.96. The van der Waals surface area contributed by atoms with Gasteiger partial charge in [0, 0.05) is 6.42 Å². The zero-order valence-electron chi connectivity index (χ0n) is 9.18. The molecule has 0 aromatic heterocycles. The van der Waals surface area contributed by atoms with E-state index in [1.807, 2.05) is 24.3 Å². The Bertz CT molecular complexity index is 426. The summed E-state index contributed by atoms with van der Waals surface area (Å²) in [5.74, 6) is -0.164. The van der Waals surface area contributed by atoms with Crippen LogP contribution in [0.2, 0.25) is 0 Å². The van der Waals surface area contributed by atoms with Gasteiger partial charge in [0.25, 0.3) is 0 Å². The quantitative estimate of drug-likeness (QED) is 0.734. The van der Waals surface area contributed by atoms with Crippen molar-refractivity contribution < 1.29 is 9.90 Å². The average Bonchev–Trinajstić information content (AvgIpc) is 2.56. The minimum Gasteiger partial charge on any atom is -0.390 e. The number of hydrogen-bond acceptors (Lipinski definition) is 2. The molecule has 84 valence electrons. The lowest BCUT2D eigenvalue weighted by atomic mass is 10.1. The van der Waals surface area contributed by atoms with Gasteiger partial charge in [-0.3, -0.25) is 4.79 Å². The van der Waals surface area contributed by atoms with Crippen molar-refractivity contribution in [3.63, 3.8) is 0 Å². The molecular formula is C13H15NO2. The first kappa shape index (κ1) is 10.9. The third-order valence-corrected chi connectivity index (χ3v) is 2.82. The van der Waals surface area contributed by atoms with Gasteiger partial charge in [-0.15, -0.1) is 0 Å². The summed E-state index contributed by atoms with van der Waals surface area (Å²) in [7, 11) is 0. The number of hydrogen-bond donors (Lipinski definition) is 2. The maximum Gasteiger partial charge on any atom is 0.244 e. The van der Waals surface area contributed by atoms with E-state index in [1.54, 1.807) is 13.0 Å². The maximum atomic E-state index is 11.4. The average molecular weight is 217 g/mol. The normalized spacial score (nSPS) is 23.4. The van der Waals surface area contributed by atoms with Crippen LogP contribution in [0, 0.1) is 0 Å². The van der Waals surface area contributed by atoms with Crippen LogP contribution in [-0.2, 0) is 11.2 Å². The highest BCUT2D eigenvalue weighted by molar-refractivity contribution is 5.87. The Labute approximate surface area is 94.8 Å². The van der Waals surface area contributed by atoms with Crippen LogP contribution in [0.1, 0.15) is 24.1 Å². The molecule has 2 rings (SSSR count). The van der Waals surface area contributed by atoms with Gasteiger partial charge in [0.05, 0.1) is 12.1 Å². The van der Waals surface area contributed by atoms with E-state index in [9.17, 15) is 9.90 Å². The fraction of sp³-hybridized carbons (Fsp3) is 0.308. The number of fused-ring (bicyclic) bond motifs is 1. The maximum absolute atomic E-state index is 11.4. The summed E-state index contributed by atoms with van der Waals surface area (Å²) in [4.78, 5) is 11.4. The Morgan fingerprint density at radius 2 is 2.25 bits per heavy atom. The molecule has 0 saturated carbocycles. The van der Waals surface area contributed by atoms with Crippen LogP contribution in [0.5, 0.6) is 0 Å². The van der Waals surface area contributed by atoms with E-state index >= 15 is 0 Å². The van der Waals surface area contributed by atoms with Gasteiger partial charge in [-0.25, -0.2) is 0 Å². The summed E-state index contributed by atoms with van der Waals surface area (Å²) in [6.45, 7) is 1.79. The van der Waals surface area contributed by atoms with E-state index in [1.165, 1.54) is 6.08 Å². The molecule has 0 unspecified atom stereocenters. The first-order valence-corrected chi connectivity index (χ1v) is 5.41. The molecule has 3 nitrogen and oxygen atoms in total. The number of benzene rings is 1. The molecule has 3 heteroatoms. The lowest BCUT2D eigenvalue weighted by Crippen LogP contribution is -2.32. The van der Waals surface area contributed by atoms with Crippen molar-refractivity contribution in [2.45, 2.75) is 25.5 Å². The minimum atomic E-state index is -0.522. The predicted octanol–water partition coefficient (Wildman–Crippen LogP) is 1.34. The van der Waals surface area contributed by atoms with Gasteiger partial charge in [-0.1, -0.05) is 30.3 Å². The van der Waals surface area contributed by atoms with E-state index in [4.69, 9.17) is 0 Å². The van der Waals surface area contributed by atoms with Crippen LogP contribution in [0.25, 0.3) is 0 Å². The van der Waals surface area contributed by atoms with E-state index in [0.717, 1.165) is 11.1 Å². The van der Waals surface area contributed by atoms with Crippen molar-refractivity contribution in [3.8, 4) is 0 Å². The van der Waals surface area contributed by atoms with Crippen molar-refractivity contribution in [2.75, 3.05) is 0 Å². The van der Waals surface area contributed by atoms with E-state index in [2.05, 4.69) is 5.32 Å². The number of rotatable bonds is 2. The van der Waals surface area contributed by atoms with Crippen molar-refractivity contribution in [3.05, 3.63) is 47.5 Å². The Kier molecular flexibility index (Phi) is 3.06. The summed E-state index contributed by atoms with van der Waals surface area (Å²) in [5.41, 5.74) is 2.13. The van der Waals surface area contributed by atoms with Crippen LogP contribution in [0.4, 0.5) is 0 Å². The number of nitrogens with one attached hydrogen (secondary N) is 1. The zero-order valence-corrected chi connectivity index (χ0v) is 9.18. The van der Waals surface area contributed by atoms with Gasteiger partial charge in [0.15, 0.2) is 0 Å². The molecule has 1 aromatic rings. The predicted molar refractivity (Wildman–Crippen MR) is 61.9 cm³/mol. The minimum absolute atomic E-state index is 0.164. The lowest BCUT2D eigenvalue weighted by Gasteiger charge is -2.16. The monoisotopic (exact) mass is 217 g/mol. The number of carbonyl (C=O) groups is 1. The molecule has 0 saturated heterocycles. The standard InChI is InChI=1S/C13H15NO2/c1-2-5-12(16)14-13-10-7-4-3-6-9(10)8-11(13)15/h2-7,11,13,15H,8H2,1H3,(H,14,16)/b5-2+/t11-,13+/m0/s1. The van der Waals surface area contributed by atoms with Crippen molar-refractivity contribution in [1.29, 1.82) is 0 Å². The van der Waals surface area contributed by atoms with Crippen LogP contribution in [-0.4, -0.2) is 17.1 Å². The van der Waals surface area contributed by atoms with Crippen molar-refractivity contribution >= 4 is 5.91 Å². The summed E-state index contributed by atoms with van der Waals surface area (Å²) in [5, 5.41) is 12.7. The molecular weight excluding hydrogens is 202 g/mol. The smallest absolute Gasteiger partial charge is 0.244 e. The molecule has 0 aliphatic heterocycles. The summed E-state index contributed by atoms with van der Waals surface area (Å²) >= 11 is 0. The van der Waals surface area contributed by atoms with Gasteiger partial charge in [-0.05, 0) is 24.1 Å². The molecule has 1 aromatic carbocycles. The topological polar surface area (TPSA) is 49.3 Å². The number of allylic oxidation sites excluding steroid dienone is 1. The summed E-state index contributed by atoms with van der Waals surface area (Å²) in [6.07, 6.45) is 3.24. The molecule has 16 heavy (non-hydrogen) atoms. The molecule has 0 radical (unpaired) electrons. The van der Waals surface area contributed by atoms with E-state index < -0.39 is 6.10 Å². The number of aliphatic hydroxyl groups is 1. The van der Waals surface area contributed by atoms with Crippen LogP contribution in [0.15, 0.2) is 36.4 Å². The molecule has 1 aliphatic carbocycles. The number of carbonyl (C=O) groups excluding carboxylic acids is 1. The fourth-order valence-electron chi connectivity index (χ4n) is 2.10. The zero-order chi connectivity index (χ0) is 11.5. The molecule has 1 aliphatic rings. The second-order valence-corrected chi connectivity index (χ2v) is 3.96. The Morgan fingerprint density at radius 1 is 1.50 bits per heavy atom.